The lowest BCUT2D eigenvalue weighted by molar-refractivity contribution is 0.116. The van der Waals surface area contributed by atoms with Gasteiger partial charge in [0.1, 0.15) is 5.82 Å². The fourth-order valence-corrected chi connectivity index (χ4v) is 1.78. The molecule has 0 radical (unpaired) electrons. The molecule has 5 heteroatoms. The molecule has 0 spiro atoms. The molecule has 0 bridgehead atoms. The van der Waals surface area contributed by atoms with Crippen LogP contribution in [0.5, 0.6) is 0 Å². The summed E-state index contributed by atoms with van der Waals surface area (Å²) >= 11 is 0. The number of rotatable bonds is 6. The number of aliphatic hydroxyl groups excluding tert-OH is 1. The summed E-state index contributed by atoms with van der Waals surface area (Å²) in [6.45, 7) is 4.31. The van der Waals surface area contributed by atoms with E-state index in [0.29, 0.717) is 6.54 Å². The minimum absolute atomic E-state index is 0.0139. The molecule has 0 aliphatic heterocycles. The van der Waals surface area contributed by atoms with E-state index in [2.05, 4.69) is 10.6 Å². The summed E-state index contributed by atoms with van der Waals surface area (Å²) in [7, 11) is 0. The number of carbonyl (C=O) groups is 1. The summed E-state index contributed by atoms with van der Waals surface area (Å²) in [5.74, 6) is -0.475. The van der Waals surface area contributed by atoms with Crippen molar-refractivity contribution in [1.82, 2.24) is 5.32 Å². The first kappa shape index (κ1) is 15.4. The second kappa shape index (κ2) is 7.09. The number of carbonyl (C=O) groups excluding carboxylic acids is 1. The molecule has 0 unspecified atom stereocenters. The molecule has 1 aromatic carbocycles. The van der Waals surface area contributed by atoms with Crippen LogP contribution < -0.4 is 10.6 Å². The van der Waals surface area contributed by atoms with E-state index >= 15 is 0 Å². The van der Waals surface area contributed by atoms with Gasteiger partial charge in [0.15, 0.2) is 0 Å². The average molecular weight is 268 g/mol. The lowest BCUT2D eigenvalue weighted by Crippen LogP contribution is -2.41. The van der Waals surface area contributed by atoms with Gasteiger partial charge >= 0.3 is 6.03 Å². The van der Waals surface area contributed by atoms with Gasteiger partial charge in [0, 0.05) is 12.0 Å². The molecule has 0 saturated carbocycles. The number of nitrogens with one attached hydrogen (secondary N) is 2. The number of benzene rings is 1. The smallest absolute Gasteiger partial charge is 0.319 e. The van der Waals surface area contributed by atoms with Crippen molar-refractivity contribution in [2.45, 2.75) is 26.7 Å². The Kier molecular flexibility index (Phi) is 5.76. The zero-order chi connectivity index (χ0) is 14.3. The van der Waals surface area contributed by atoms with Gasteiger partial charge in [-0.2, -0.15) is 0 Å². The van der Waals surface area contributed by atoms with E-state index in [-0.39, 0.29) is 17.7 Å². The second-order valence-electron chi connectivity index (χ2n) is 4.65. The summed E-state index contributed by atoms with van der Waals surface area (Å²) in [6.07, 6.45) is 1.53. The Hall–Kier alpha value is -1.62. The molecule has 0 aliphatic carbocycles. The number of para-hydroxylation sites is 1. The molecule has 0 saturated heterocycles. The van der Waals surface area contributed by atoms with Gasteiger partial charge in [-0.25, -0.2) is 9.18 Å². The molecular weight excluding hydrogens is 247 g/mol. The van der Waals surface area contributed by atoms with Crippen LogP contribution in [0.1, 0.15) is 26.7 Å². The van der Waals surface area contributed by atoms with Crippen molar-refractivity contribution in [1.29, 1.82) is 0 Å². The third kappa shape index (κ3) is 4.21. The zero-order valence-corrected chi connectivity index (χ0v) is 11.4. The van der Waals surface area contributed by atoms with Gasteiger partial charge in [0.2, 0.25) is 0 Å². The summed E-state index contributed by atoms with van der Waals surface area (Å²) in [6, 6.07) is 5.52. The molecule has 0 fully saturated rings. The second-order valence-corrected chi connectivity index (χ2v) is 4.65. The third-order valence-corrected chi connectivity index (χ3v) is 3.58. The van der Waals surface area contributed by atoms with Gasteiger partial charge < -0.3 is 15.7 Å². The molecule has 3 N–H and O–H groups in total. The molecule has 0 aromatic heterocycles. The van der Waals surface area contributed by atoms with Crippen LogP contribution >= 0.6 is 0 Å². The SMILES string of the molecule is CCC(CC)(CO)CNC(=O)Nc1ccccc1F. The molecule has 4 nitrogen and oxygen atoms in total. The number of hydrogen-bond acceptors (Lipinski definition) is 2. The minimum Gasteiger partial charge on any atom is -0.396 e. The van der Waals surface area contributed by atoms with Crippen molar-refractivity contribution in [2.75, 3.05) is 18.5 Å². The van der Waals surface area contributed by atoms with Crippen molar-refractivity contribution in [3.05, 3.63) is 30.1 Å². The first-order chi connectivity index (χ1) is 9.06. The quantitative estimate of drug-likeness (QED) is 0.743. The monoisotopic (exact) mass is 268 g/mol. The number of hydrogen-bond donors (Lipinski definition) is 3. The normalized spacial score (nSPS) is 11.2. The van der Waals surface area contributed by atoms with Gasteiger partial charge in [-0.15, -0.1) is 0 Å². The topological polar surface area (TPSA) is 61.4 Å². The van der Waals surface area contributed by atoms with Crippen LogP contribution in [0.25, 0.3) is 0 Å². The lowest BCUT2D eigenvalue weighted by Gasteiger charge is -2.29. The largest absolute Gasteiger partial charge is 0.396 e. The highest BCUT2D eigenvalue weighted by atomic mass is 19.1. The van der Waals surface area contributed by atoms with E-state index < -0.39 is 11.8 Å². The van der Waals surface area contributed by atoms with Crippen molar-refractivity contribution in [3.63, 3.8) is 0 Å². The van der Waals surface area contributed by atoms with Gasteiger partial charge in [-0.1, -0.05) is 26.0 Å². The minimum atomic E-state index is -0.475. The molecule has 0 aliphatic rings. The predicted octanol–water partition coefficient (Wildman–Crippen LogP) is 2.75. The predicted molar refractivity (Wildman–Crippen MR) is 73.5 cm³/mol. The van der Waals surface area contributed by atoms with E-state index in [1.807, 2.05) is 13.8 Å². The maximum atomic E-state index is 13.3. The molecular formula is C14H21FN2O2. The Balaban J connectivity index is 2.55. The number of halogens is 1. The lowest BCUT2D eigenvalue weighted by atomic mass is 9.83. The van der Waals surface area contributed by atoms with E-state index in [0.717, 1.165) is 12.8 Å². The Morgan fingerprint density at radius 3 is 2.47 bits per heavy atom. The standard InChI is InChI=1S/C14H21FN2O2/c1-3-14(4-2,10-18)9-16-13(19)17-12-8-6-5-7-11(12)15/h5-8,18H,3-4,9-10H2,1-2H3,(H2,16,17,19). The van der Waals surface area contributed by atoms with Crippen LogP contribution in [0.15, 0.2) is 24.3 Å². The summed E-state index contributed by atoms with van der Waals surface area (Å²) in [5, 5.41) is 14.5. The van der Waals surface area contributed by atoms with Gasteiger partial charge in [0.05, 0.1) is 12.3 Å². The fourth-order valence-electron chi connectivity index (χ4n) is 1.78. The molecule has 19 heavy (non-hydrogen) atoms. The molecule has 0 heterocycles. The Morgan fingerprint density at radius 1 is 1.32 bits per heavy atom. The summed E-state index contributed by atoms with van der Waals surface area (Å²) in [4.78, 5) is 11.7. The number of urea groups is 1. The van der Waals surface area contributed by atoms with Crippen LogP contribution in [0, 0.1) is 11.2 Å². The highest BCUT2D eigenvalue weighted by Crippen LogP contribution is 2.24. The van der Waals surface area contributed by atoms with Gasteiger partial charge in [-0.3, -0.25) is 0 Å². The van der Waals surface area contributed by atoms with Crippen LogP contribution in [-0.2, 0) is 0 Å². The Morgan fingerprint density at radius 2 is 1.95 bits per heavy atom. The fraction of sp³-hybridized carbons (Fsp3) is 0.500. The average Bonchev–Trinajstić information content (AvgIpc) is 2.44. The van der Waals surface area contributed by atoms with Crippen molar-refractivity contribution < 1.29 is 14.3 Å². The number of anilines is 1. The van der Waals surface area contributed by atoms with Gasteiger partial charge in [-0.05, 0) is 25.0 Å². The zero-order valence-electron chi connectivity index (χ0n) is 11.4. The molecule has 1 rings (SSSR count). The highest BCUT2D eigenvalue weighted by molar-refractivity contribution is 5.89. The van der Waals surface area contributed by atoms with E-state index in [9.17, 15) is 14.3 Å². The Bertz CT molecular complexity index is 411. The van der Waals surface area contributed by atoms with E-state index in [1.54, 1.807) is 12.1 Å². The Labute approximate surface area is 113 Å². The molecule has 0 atom stereocenters. The van der Waals surface area contributed by atoms with E-state index in [1.165, 1.54) is 12.1 Å². The highest BCUT2D eigenvalue weighted by Gasteiger charge is 2.25. The third-order valence-electron chi connectivity index (χ3n) is 3.58. The molecule has 2 amide bonds. The van der Waals surface area contributed by atoms with Crippen molar-refractivity contribution in [2.24, 2.45) is 5.41 Å². The summed E-state index contributed by atoms with van der Waals surface area (Å²) < 4.78 is 13.3. The van der Waals surface area contributed by atoms with Crippen LogP contribution in [0.4, 0.5) is 14.9 Å². The van der Waals surface area contributed by atoms with Crippen molar-refractivity contribution >= 4 is 11.7 Å². The van der Waals surface area contributed by atoms with E-state index in [4.69, 9.17) is 0 Å². The first-order valence-corrected chi connectivity index (χ1v) is 6.47. The van der Waals surface area contributed by atoms with Crippen LogP contribution in [-0.4, -0.2) is 24.3 Å². The van der Waals surface area contributed by atoms with Gasteiger partial charge in [0.25, 0.3) is 0 Å². The summed E-state index contributed by atoms with van der Waals surface area (Å²) in [5.41, 5.74) is -0.172. The van der Waals surface area contributed by atoms with Crippen LogP contribution in [0.2, 0.25) is 0 Å². The first-order valence-electron chi connectivity index (χ1n) is 6.47. The van der Waals surface area contributed by atoms with Crippen molar-refractivity contribution in [3.8, 4) is 0 Å². The van der Waals surface area contributed by atoms with Crippen LogP contribution in [0.3, 0.4) is 0 Å². The number of amides is 2. The molecule has 1 aromatic rings. The number of aliphatic hydroxyl groups is 1. The molecule has 106 valence electrons. The maximum absolute atomic E-state index is 13.3. The maximum Gasteiger partial charge on any atom is 0.319 e.